The molecule has 0 saturated carbocycles. The molecule has 1 aromatic carbocycles. The van der Waals surface area contributed by atoms with Crippen molar-refractivity contribution in [1.29, 1.82) is 0 Å². The van der Waals surface area contributed by atoms with Crippen LogP contribution in [0.2, 0.25) is 0 Å². The number of allylic oxidation sites excluding steroid dienone is 1. The molecule has 2 rings (SSSR count). The minimum Gasteiger partial charge on any atom is -0.181 e. The molecular weight excluding hydrogens is 160 g/mol. The van der Waals surface area contributed by atoms with Crippen molar-refractivity contribution in [2.45, 2.75) is 19.9 Å². The third-order valence-corrected chi connectivity index (χ3v) is 2.27. The molecule has 0 spiro atoms. The van der Waals surface area contributed by atoms with Crippen LogP contribution in [0.25, 0.3) is 5.57 Å². The van der Waals surface area contributed by atoms with E-state index in [9.17, 15) is 0 Å². The molecule has 0 aliphatic carbocycles. The number of rotatable bonds is 1. The maximum absolute atomic E-state index is 4.13. The van der Waals surface area contributed by atoms with E-state index >= 15 is 0 Å². The second-order valence-electron chi connectivity index (χ2n) is 3.26. The summed E-state index contributed by atoms with van der Waals surface area (Å²) in [5.74, 6) is 0. The first-order valence-electron chi connectivity index (χ1n) is 4.46. The molecule has 0 fully saturated rings. The van der Waals surface area contributed by atoms with Crippen LogP contribution in [0, 0.1) is 0 Å². The molecule has 1 atom stereocenters. The van der Waals surface area contributed by atoms with E-state index in [4.69, 9.17) is 0 Å². The molecule has 1 aliphatic heterocycles. The van der Waals surface area contributed by atoms with Crippen LogP contribution in [-0.4, -0.2) is 6.04 Å². The Kier molecular flexibility index (Phi) is 1.97. The highest BCUT2D eigenvalue weighted by molar-refractivity contribution is 5.72. The molecule has 0 amide bonds. The van der Waals surface area contributed by atoms with Crippen molar-refractivity contribution in [3.63, 3.8) is 0 Å². The van der Waals surface area contributed by atoms with Gasteiger partial charge in [-0.05, 0) is 19.4 Å². The molecular formula is C11H12N2. The second kappa shape index (κ2) is 3.13. The van der Waals surface area contributed by atoms with Crippen molar-refractivity contribution in [1.82, 2.24) is 0 Å². The quantitative estimate of drug-likeness (QED) is 0.621. The number of benzene rings is 1. The lowest BCUT2D eigenvalue weighted by Gasteiger charge is -2.06. The molecule has 0 aromatic heterocycles. The largest absolute Gasteiger partial charge is 0.181 e. The van der Waals surface area contributed by atoms with Gasteiger partial charge in [-0.2, -0.15) is 10.2 Å². The highest BCUT2D eigenvalue weighted by Crippen LogP contribution is 2.29. The topological polar surface area (TPSA) is 24.7 Å². The van der Waals surface area contributed by atoms with E-state index in [0.29, 0.717) is 0 Å². The summed E-state index contributed by atoms with van der Waals surface area (Å²) in [6.45, 7) is 4.08. The van der Waals surface area contributed by atoms with Gasteiger partial charge < -0.3 is 0 Å². The molecule has 2 nitrogen and oxygen atoms in total. The predicted molar refractivity (Wildman–Crippen MR) is 53.4 cm³/mol. The Hall–Kier alpha value is -1.44. The number of hydrogen-bond acceptors (Lipinski definition) is 2. The van der Waals surface area contributed by atoms with Crippen LogP contribution in [0.4, 0.5) is 0 Å². The summed E-state index contributed by atoms with van der Waals surface area (Å²) in [6.07, 6.45) is 0. The van der Waals surface area contributed by atoms with E-state index in [-0.39, 0.29) is 6.04 Å². The smallest absolute Gasteiger partial charge is 0.0957 e. The summed E-state index contributed by atoms with van der Waals surface area (Å²) in [6, 6.07) is 10.5. The van der Waals surface area contributed by atoms with Gasteiger partial charge in [-0.15, -0.1) is 0 Å². The lowest BCUT2D eigenvalue weighted by atomic mass is 9.99. The molecule has 1 aliphatic rings. The van der Waals surface area contributed by atoms with Gasteiger partial charge in [-0.3, -0.25) is 0 Å². The van der Waals surface area contributed by atoms with Gasteiger partial charge in [0.15, 0.2) is 0 Å². The monoisotopic (exact) mass is 172 g/mol. The normalized spacial score (nSPS) is 21.2. The fraction of sp³-hybridized carbons (Fsp3) is 0.273. The molecule has 1 aromatic rings. The Bertz CT molecular complexity index is 363. The average molecular weight is 172 g/mol. The average Bonchev–Trinajstić information content (AvgIpc) is 2.48. The van der Waals surface area contributed by atoms with Crippen LogP contribution in [0.5, 0.6) is 0 Å². The highest BCUT2D eigenvalue weighted by atomic mass is 15.2. The second-order valence-corrected chi connectivity index (χ2v) is 3.26. The van der Waals surface area contributed by atoms with Gasteiger partial charge in [0.2, 0.25) is 0 Å². The van der Waals surface area contributed by atoms with Gasteiger partial charge >= 0.3 is 0 Å². The van der Waals surface area contributed by atoms with Crippen molar-refractivity contribution >= 4 is 5.57 Å². The van der Waals surface area contributed by atoms with E-state index in [1.165, 1.54) is 11.1 Å². The van der Waals surface area contributed by atoms with Gasteiger partial charge in [-0.25, -0.2) is 0 Å². The fourth-order valence-corrected chi connectivity index (χ4v) is 1.65. The molecule has 2 heteroatoms. The zero-order chi connectivity index (χ0) is 9.26. The number of nitrogens with zero attached hydrogens (tertiary/aromatic N) is 2. The van der Waals surface area contributed by atoms with Crippen molar-refractivity contribution in [2.75, 3.05) is 0 Å². The zero-order valence-electron chi connectivity index (χ0n) is 7.86. The number of hydrogen-bond donors (Lipinski definition) is 0. The van der Waals surface area contributed by atoms with Crippen molar-refractivity contribution in [2.24, 2.45) is 10.2 Å². The summed E-state index contributed by atoms with van der Waals surface area (Å²) < 4.78 is 0. The molecule has 0 bridgehead atoms. The Morgan fingerprint density at radius 3 is 2.38 bits per heavy atom. The Morgan fingerprint density at radius 1 is 1.15 bits per heavy atom. The Balaban J connectivity index is 2.44. The van der Waals surface area contributed by atoms with Gasteiger partial charge in [0.1, 0.15) is 0 Å². The standard InChI is InChI=1S/C11H12N2/c1-8-11(9(2)13-12-8)10-6-4-3-5-7-10/h3-8H,1-2H3. The molecule has 0 N–H and O–H groups in total. The summed E-state index contributed by atoms with van der Waals surface area (Å²) >= 11 is 0. The van der Waals surface area contributed by atoms with Crippen LogP contribution in [-0.2, 0) is 0 Å². The summed E-state index contributed by atoms with van der Waals surface area (Å²) in [5.41, 5.74) is 3.52. The van der Waals surface area contributed by atoms with Crippen molar-refractivity contribution in [3.8, 4) is 0 Å². The summed E-state index contributed by atoms with van der Waals surface area (Å²) in [5, 5.41) is 8.21. The van der Waals surface area contributed by atoms with Crippen LogP contribution >= 0.6 is 0 Å². The third-order valence-electron chi connectivity index (χ3n) is 2.27. The lowest BCUT2D eigenvalue weighted by molar-refractivity contribution is 0.904. The minimum absolute atomic E-state index is 0.211. The first-order chi connectivity index (χ1) is 6.29. The van der Waals surface area contributed by atoms with Crippen LogP contribution in [0.1, 0.15) is 19.4 Å². The maximum Gasteiger partial charge on any atom is 0.0957 e. The molecule has 13 heavy (non-hydrogen) atoms. The first kappa shape index (κ1) is 8.17. The lowest BCUT2D eigenvalue weighted by Crippen LogP contribution is -1.98. The maximum atomic E-state index is 4.13. The van der Waals surface area contributed by atoms with Crippen LogP contribution < -0.4 is 0 Å². The van der Waals surface area contributed by atoms with Crippen LogP contribution in [0.3, 0.4) is 0 Å². The zero-order valence-corrected chi connectivity index (χ0v) is 7.86. The van der Waals surface area contributed by atoms with Gasteiger partial charge in [0.25, 0.3) is 0 Å². The van der Waals surface area contributed by atoms with E-state index in [1.807, 2.05) is 25.1 Å². The third kappa shape index (κ3) is 1.39. The van der Waals surface area contributed by atoms with Crippen molar-refractivity contribution < 1.29 is 0 Å². The fourth-order valence-electron chi connectivity index (χ4n) is 1.65. The molecule has 1 heterocycles. The van der Waals surface area contributed by atoms with Gasteiger partial charge in [0.05, 0.1) is 11.7 Å². The summed E-state index contributed by atoms with van der Waals surface area (Å²) in [7, 11) is 0. The SMILES string of the molecule is CC1=C(c2ccccc2)C(C)N=N1. The molecule has 0 radical (unpaired) electrons. The van der Waals surface area contributed by atoms with Gasteiger partial charge in [-0.1, -0.05) is 30.3 Å². The van der Waals surface area contributed by atoms with E-state index in [0.717, 1.165) is 5.70 Å². The van der Waals surface area contributed by atoms with E-state index in [1.54, 1.807) is 0 Å². The first-order valence-corrected chi connectivity index (χ1v) is 4.46. The predicted octanol–water partition coefficient (Wildman–Crippen LogP) is 3.27. The van der Waals surface area contributed by atoms with E-state index < -0.39 is 0 Å². The highest BCUT2D eigenvalue weighted by Gasteiger charge is 2.17. The van der Waals surface area contributed by atoms with Gasteiger partial charge in [0, 0.05) is 5.57 Å². The molecule has 0 saturated heterocycles. The number of azo groups is 1. The van der Waals surface area contributed by atoms with Crippen LogP contribution in [0.15, 0.2) is 46.3 Å². The Labute approximate surface area is 78.0 Å². The molecule has 1 unspecified atom stereocenters. The Morgan fingerprint density at radius 2 is 1.85 bits per heavy atom. The van der Waals surface area contributed by atoms with Crippen molar-refractivity contribution in [3.05, 3.63) is 41.6 Å². The minimum atomic E-state index is 0.211. The van der Waals surface area contributed by atoms with E-state index in [2.05, 4.69) is 29.3 Å². The summed E-state index contributed by atoms with van der Waals surface area (Å²) in [4.78, 5) is 0. The molecule has 66 valence electrons.